The molecule has 3 aromatic rings. The average Bonchev–Trinajstić information content (AvgIpc) is 3.10. The predicted molar refractivity (Wildman–Crippen MR) is 113 cm³/mol. The van der Waals surface area contributed by atoms with E-state index in [1.807, 2.05) is 60.0 Å². The van der Waals surface area contributed by atoms with Gasteiger partial charge < -0.3 is 9.47 Å². The molecule has 1 heterocycles. The second-order valence-corrected chi connectivity index (χ2v) is 7.61. The summed E-state index contributed by atoms with van der Waals surface area (Å²) in [5.41, 5.74) is 2.05. The third-order valence-electron chi connectivity index (χ3n) is 4.10. The first-order valence-electron chi connectivity index (χ1n) is 9.20. The Kier molecular flexibility index (Phi) is 7.55. The lowest BCUT2D eigenvalue weighted by molar-refractivity contribution is -0.139. The molecule has 0 saturated heterocycles. The zero-order valence-corrected chi connectivity index (χ0v) is 17.9. The molecule has 0 spiro atoms. The van der Waals surface area contributed by atoms with Crippen molar-refractivity contribution in [3.63, 3.8) is 0 Å². The van der Waals surface area contributed by atoms with E-state index in [0.717, 1.165) is 11.1 Å². The van der Waals surface area contributed by atoms with Crippen molar-refractivity contribution in [3.8, 4) is 5.75 Å². The van der Waals surface area contributed by atoms with Crippen LogP contribution in [-0.4, -0.2) is 33.1 Å². The van der Waals surface area contributed by atoms with E-state index in [2.05, 4.69) is 10.2 Å². The maximum atomic E-state index is 11.7. The van der Waals surface area contributed by atoms with Crippen LogP contribution in [0.5, 0.6) is 5.75 Å². The Morgan fingerprint density at radius 3 is 2.69 bits per heavy atom. The number of aryl methyl sites for hydroxylation is 1. The van der Waals surface area contributed by atoms with Crippen LogP contribution in [0.4, 0.5) is 0 Å². The average molecular weight is 432 g/mol. The molecule has 0 N–H and O–H groups in total. The summed E-state index contributed by atoms with van der Waals surface area (Å²) in [6, 6.07) is 15.5. The van der Waals surface area contributed by atoms with Crippen LogP contribution in [0.25, 0.3) is 0 Å². The lowest BCUT2D eigenvalue weighted by Gasteiger charge is -2.12. The first-order valence-corrected chi connectivity index (χ1v) is 10.6. The van der Waals surface area contributed by atoms with E-state index in [4.69, 9.17) is 21.1 Å². The van der Waals surface area contributed by atoms with Gasteiger partial charge in [-0.3, -0.25) is 9.36 Å². The monoisotopic (exact) mass is 431 g/mol. The lowest BCUT2D eigenvalue weighted by Crippen LogP contribution is -2.11. The Morgan fingerprint density at radius 1 is 1.17 bits per heavy atom. The maximum Gasteiger partial charge on any atom is 0.316 e. The summed E-state index contributed by atoms with van der Waals surface area (Å²) in [5, 5.41) is 9.88. The SMILES string of the molecule is CCOC(=O)CSc1nnc(COc2ccc(Cl)c(C)c2)n1Cc1ccccc1. The third kappa shape index (κ3) is 5.98. The highest BCUT2D eigenvalue weighted by atomic mass is 35.5. The van der Waals surface area contributed by atoms with Crippen molar-refractivity contribution in [3.05, 3.63) is 70.5 Å². The van der Waals surface area contributed by atoms with Crippen molar-refractivity contribution < 1.29 is 14.3 Å². The molecule has 0 radical (unpaired) electrons. The molecule has 0 aliphatic carbocycles. The minimum Gasteiger partial charge on any atom is -0.486 e. The summed E-state index contributed by atoms with van der Waals surface area (Å²) < 4.78 is 12.9. The highest BCUT2D eigenvalue weighted by Crippen LogP contribution is 2.23. The molecule has 0 fully saturated rings. The quantitative estimate of drug-likeness (QED) is 0.366. The predicted octanol–water partition coefficient (Wildman–Crippen LogP) is 4.52. The van der Waals surface area contributed by atoms with Crippen LogP contribution in [0, 0.1) is 6.92 Å². The van der Waals surface area contributed by atoms with Gasteiger partial charge in [-0.25, -0.2) is 0 Å². The molecule has 8 heteroatoms. The van der Waals surface area contributed by atoms with Gasteiger partial charge >= 0.3 is 5.97 Å². The molecule has 0 saturated carbocycles. The minimum absolute atomic E-state index is 0.179. The summed E-state index contributed by atoms with van der Waals surface area (Å²) in [6.45, 7) is 4.90. The molecular weight excluding hydrogens is 410 g/mol. The molecule has 29 heavy (non-hydrogen) atoms. The zero-order valence-electron chi connectivity index (χ0n) is 16.3. The minimum atomic E-state index is -0.277. The summed E-state index contributed by atoms with van der Waals surface area (Å²) in [6.07, 6.45) is 0. The summed E-state index contributed by atoms with van der Waals surface area (Å²) in [7, 11) is 0. The highest BCUT2D eigenvalue weighted by molar-refractivity contribution is 7.99. The van der Waals surface area contributed by atoms with Crippen LogP contribution in [0.2, 0.25) is 5.02 Å². The number of hydrogen-bond acceptors (Lipinski definition) is 6. The van der Waals surface area contributed by atoms with E-state index in [9.17, 15) is 4.79 Å². The molecule has 3 rings (SSSR count). The molecule has 1 aromatic heterocycles. The Bertz CT molecular complexity index is 963. The molecule has 2 aromatic carbocycles. The van der Waals surface area contributed by atoms with Crippen molar-refractivity contribution >= 4 is 29.3 Å². The number of rotatable bonds is 9. The Hall–Kier alpha value is -2.51. The number of esters is 1. The van der Waals surface area contributed by atoms with Gasteiger partial charge in [-0.1, -0.05) is 53.7 Å². The first kappa shape index (κ1) is 21.2. The Balaban J connectivity index is 1.77. The molecule has 152 valence electrons. The number of thioether (sulfide) groups is 1. The van der Waals surface area contributed by atoms with Gasteiger partial charge in [0.05, 0.1) is 18.9 Å². The number of carbonyl (C=O) groups is 1. The van der Waals surface area contributed by atoms with Crippen LogP contribution >= 0.6 is 23.4 Å². The van der Waals surface area contributed by atoms with Gasteiger partial charge in [-0.15, -0.1) is 10.2 Å². The summed E-state index contributed by atoms with van der Waals surface area (Å²) in [5.74, 6) is 1.29. The fraction of sp³-hybridized carbons (Fsp3) is 0.286. The Labute approximate surface area is 179 Å². The number of halogens is 1. The van der Waals surface area contributed by atoms with E-state index in [-0.39, 0.29) is 18.3 Å². The molecule has 0 aliphatic heterocycles. The van der Waals surface area contributed by atoms with Gasteiger partial charge in [-0.2, -0.15) is 0 Å². The van der Waals surface area contributed by atoms with E-state index >= 15 is 0 Å². The van der Waals surface area contributed by atoms with Crippen molar-refractivity contribution in [2.45, 2.75) is 32.2 Å². The number of carbonyl (C=O) groups excluding carboxylic acids is 1. The lowest BCUT2D eigenvalue weighted by atomic mass is 10.2. The number of aromatic nitrogens is 3. The van der Waals surface area contributed by atoms with E-state index in [0.29, 0.717) is 34.9 Å². The fourth-order valence-electron chi connectivity index (χ4n) is 2.64. The third-order valence-corrected chi connectivity index (χ3v) is 5.46. The van der Waals surface area contributed by atoms with Crippen LogP contribution in [0.3, 0.4) is 0 Å². The normalized spacial score (nSPS) is 10.7. The highest BCUT2D eigenvalue weighted by Gasteiger charge is 2.16. The van der Waals surface area contributed by atoms with E-state index in [1.54, 1.807) is 6.92 Å². The molecule has 0 unspecified atom stereocenters. The first-order chi connectivity index (χ1) is 14.1. The van der Waals surface area contributed by atoms with Crippen LogP contribution in [0.15, 0.2) is 53.7 Å². The number of nitrogens with zero attached hydrogens (tertiary/aromatic N) is 3. The number of hydrogen-bond donors (Lipinski definition) is 0. The molecule has 0 bridgehead atoms. The van der Waals surface area contributed by atoms with Crippen molar-refractivity contribution in [1.29, 1.82) is 0 Å². The standard InChI is InChI=1S/C21H22ClN3O3S/c1-3-27-20(26)14-29-21-24-23-19(25(21)12-16-7-5-4-6-8-16)13-28-17-9-10-18(22)15(2)11-17/h4-11H,3,12-14H2,1-2H3. The van der Waals surface area contributed by atoms with Gasteiger partial charge in [0.2, 0.25) is 0 Å². The second kappa shape index (κ2) is 10.3. The van der Waals surface area contributed by atoms with Crippen molar-refractivity contribution in [2.24, 2.45) is 0 Å². The van der Waals surface area contributed by atoms with Gasteiger partial charge in [0.15, 0.2) is 11.0 Å². The van der Waals surface area contributed by atoms with Gasteiger partial charge in [0, 0.05) is 5.02 Å². The summed E-state index contributed by atoms with van der Waals surface area (Å²) >= 11 is 7.38. The number of ether oxygens (including phenoxy) is 2. The molecule has 0 atom stereocenters. The molecule has 0 amide bonds. The second-order valence-electron chi connectivity index (χ2n) is 6.26. The van der Waals surface area contributed by atoms with Gasteiger partial charge in [0.1, 0.15) is 12.4 Å². The van der Waals surface area contributed by atoms with E-state index < -0.39 is 0 Å². The fourth-order valence-corrected chi connectivity index (χ4v) is 3.51. The van der Waals surface area contributed by atoms with Crippen LogP contribution in [0.1, 0.15) is 23.9 Å². The largest absolute Gasteiger partial charge is 0.486 e. The van der Waals surface area contributed by atoms with Crippen LogP contribution in [-0.2, 0) is 22.7 Å². The smallest absolute Gasteiger partial charge is 0.316 e. The molecular formula is C21H22ClN3O3S. The van der Waals surface area contributed by atoms with Gasteiger partial charge in [0.25, 0.3) is 0 Å². The summed E-state index contributed by atoms with van der Waals surface area (Å²) in [4.78, 5) is 11.7. The topological polar surface area (TPSA) is 66.2 Å². The van der Waals surface area contributed by atoms with E-state index in [1.165, 1.54) is 11.8 Å². The molecule has 0 aliphatic rings. The zero-order chi connectivity index (χ0) is 20.6. The Morgan fingerprint density at radius 2 is 1.97 bits per heavy atom. The van der Waals surface area contributed by atoms with Crippen molar-refractivity contribution in [2.75, 3.05) is 12.4 Å². The van der Waals surface area contributed by atoms with Crippen LogP contribution < -0.4 is 4.74 Å². The number of benzene rings is 2. The molecule has 6 nitrogen and oxygen atoms in total. The van der Waals surface area contributed by atoms with Crippen molar-refractivity contribution in [1.82, 2.24) is 14.8 Å². The maximum absolute atomic E-state index is 11.7. The van der Waals surface area contributed by atoms with Gasteiger partial charge in [-0.05, 0) is 43.2 Å².